The van der Waals surface area contributed by atoms with Gasteiger partial charge in [0.15, 0.2) is 11.5 Å². The number of amides is 2. The minimum atomic E-state index is -0.274. The molecule has 0 aliphatic carbocycles. The third-order valence-corrected chi connectivity index (χ3v) is 3.77. The molecule has 0 bridgehead atoms. The molecule has 2 N–H and O–H groups in total. The highest BCUT2D eigenvalue weighted by Gasteiger charge is 2.13. The van der Waals surface area contributed by atoms with Crippen LogP contribution >= 0.6 is 11.6 Å². The summed E-state index contributed by atoms with van der Waals surface area (Å²) in [4.78, 5) is 11.7. The van der Waals surface area contributed by atoms with Crippen LogP contribution in [0.2, 0.25) is 5.02 Å². The lowest BCUT2D eigenvalue weighted by Gasteiger charge is -2.10. The number of carbonyl (C=O) groups is 1. The first-order valence-corrected chi connectivity index (χ1v) is 7.88. The van der Waals surface area contributed by atoms with E-state index >= 15 is 0 Å². The maximum atomic E-state index is 11.7. The first-order valence-electron chi connectivity index (χ1n) is 7.50. The zero-order chi connectivity index (χ0) is 16.8. The van der Waals surface area contributed by atoms with Crippen molar-refractivity contribution in [1.29, 1.82) is 0 Å². The van der Waals surface area contributed by atoms with Crippen LogP contribution in [0.5, 0.6) is 17.2 Å². The SMILES string of the molecule is O=C(NCCOc1ccc2c(c1)OCO2)NCc1ccccc1Cl. The Morgan fingerprint density at radius 1 is 1.12 bits per heavy atom. The van der Waals surface area contributed by atoms with E-state index in [9.17, 15) is 4.79 Å². The van der Waals surface area contributed by atoms with Crippen LogP contribution in [-0.4, -0.2) is 26.0 Å². The topological polar surface area (TPSA) is 68.8 Å². The van der Waals surface area contributed by atoms with Crippen LogP contribution in [0.4, 0.5) is 4.79 Å². The first kappa shape index (κ1) is 16.3. The molecule has 0 saturated heterocycles. The Morgan fingerprint density at radius 2 is 1.96 bits per heavy atom. The second kappa shape index (κ2) is 7.79. The fourth-order valence-corrected chi connectivity index (χ4v) is 2.38. The highest BCUT2D eigenvalue weighted by Crippen LogP contribution is 2.34. The number of ether oxygens (including phenoxy) is 3. The van der Waals surface area contributed by atoms with E-state index in [4.69, 9.17) is 25.8 Å². The molecule has 7 heteroatoms. The maximum Gasteiger partial charge on any atom is 0.315 e. The van der Waals surface area contributed by atoms with Crippen LogP contribution in [0.3, 0.4) is 0 Å². The van der Waals surface area contributed by atoms with Gasteiger partial charge in [-0.15, -0.1) is 0 Å². The monoisotopic (exact) mass is 348 g/mol. The summed E-state index contributed by atoms with van der Waals surface area (Å²) in [5, 5.41) is 6.10. The molecule has 0 saturated carbocycles. The zero-order valence-electron chi connectivity index (χ0n) is 12.9. The van der Waals surface area contributed by atoms with Gasteiger partial charge in [0.25, 0.3) is 0 Å². The number of rotatable bonds is 6. The molecule has 0 radical (unpaired) electrons. The van der Waals surface area contributed by atoms with E-state index in [1.165, 1.54) is 0 Å². The van der Waals surface area contributed by atoms with Gasteiger partial charge in [0.1, 0.15) is 12.4 Å². The van der Waals surface area contributed by atoms with Crippen LogP contribution in [-0.2, 0) is 6.54 Å². The van der Waals surface area contributed by atoms with Crippen LogP contribution < -0.4 is 24.8 Å². The van der Waals surface area contributed by atoms with Gasteiger partial charge >= 0.3 is 6.03 Å². The summed E-state index contributed by atoms with van der Waals surface area (Å²) in [6, 6.07) is 12.5. The lowest BCUT2D eigenvalue weighted by Crippen LogP contribution is -2.37. The number of nitrogens with one attached hydrogen (secondary N) is 2. The number of urea groups is 1. The molecule has 0 atom stereocenters. The summed E-state index contributed by atoms with van der Waals surface area (Å²) in [7, 11) is 0. The number of fused-ring (bicyclic) bond motifs is 1. The van der Waals surface area contributed by atoms with Crippen molar-refractivity contribution >= 4 is 17.6 Å². The smallest absolute Gasteiger partial charge is 0.315 e. The van der Waals surface area contributed by atoms with E-state index < -0.39 is 0 Å². The number of hydrogen-bond acceptors (Lipinski definition) is 4. The van der Waals surface area contributed by atoms with Crippen molar-refractivity contribution in [2.24, 2.45) is 0 Å². The van der Waals surface area contributed by atoms with Crippen molar-refractivity contribution in [2.45, 2.75) is 6.54 Å². The molecular weight excluding hydrogens is 332 g/mol. The molecule has 0 unspecified atom stereocenters. The molecule has 2 aromatic rings. The zero-order valence-corrected chi connectivity index (χ0v) is 13.6. The summed E-state index contributed by atoms with van der Waals surface area (Å²) in [6.07, 6.45) is 0. The molecule has 0 fully saturated rings. The van der Waals surface area contributed by atoms with Gasteiger partial charge in [-0.2, -0.15) is 0 Å². The van der Waals surface area contributed by atoms with Gasteiger partial charge in [0, 0.05) is 17.6 Å². The lowest BCUT2D eigenvalue weighted by molar-refractivity contribution is 0.173. The summed E-state index contributed by atoms with van der Waals surface area (Å²) in [5.41, 5.74) is 0.867. The van der Waals surface area contributed by atoms with Crippen molar-refractivity contribution in [3.05, 3.63) is 53.1 Å². The van der Waals surface area contributed by atoms with Crippen molar-refractivity contribution in [2.75, 3.05) is 19.9 Å². The highest BCUT2D eigenvalue weighted by molar-refractivity contribution is 6.31. The third-order valence-electron chi connectivity index (χ3n) is 3.40. The number of hydrogen-bond donors (Lipinski definition) is 2. The quantitative estimate of drug-likeness (QED) is 0.787. The van der Waals surface area contributed by atoms with E-state index in [0.717, 1.165) is 5.56 Å². The molecule has 126 valence electrons. The second-order valence-corrected chi connectivity index (χ2v) is 5.47. The molecule has 1 heterocycles. The molecule has 1 aliphatic rings. The van der Waals surface area contributed by atoms with Crippen LogP contribution in [0.15, 0.2) is 42.5 Å². The predicted octanol–water partition coefficient (Wildman–Crippen LogP) is 2.95. The highest BCUT2D eigenvalue weighted by atomic mass is 35.5. The fraction of sp³-hybridized carbons (Fsp3) is 0.235. The third kappa shape index (κ3) is 4.23. The molecule has 0 aromatic heterocycles. The van der Waals surface area contributed by atoms with Crippen molar-refractivity contribution in [3.8, 4) is 17.2 Å². The number of carbonyl (C=O) groups excluding carboxylic acids is 1. The minimum Gasteiger partial charge on any atom is -0.492 e. The largest absolute Gasteiger partial charge is 0.492 e. The number of halogens is 1. The van der Waals surface area contributed by atoms with E-state index in [0.29, 0.717) is 42.0 Å². The van der Waals surface area contributed by atoms with Crippen LogP contribution in [0.1, 0.15) is 5.56 Å². The Balaban J connectivity index is 1.36. The lowest BCUT2D eigenvalue weighted by atomic mass is 10.2. The molecule has 2 aromatic carbocycles. The molecular formula is C17H17ClN2O4. The number of benzene rings is 2. The summed E-state index contributed by atoms with van der Waals surface area (Å²) < 4.78 is 16.1. The first-order chi connectivity index (χ1) is 11.7. The van der Waals surface area contributed by atoms with E-state index in [2.05, 4.69) is 10.6 Å². The Hall–Kier alpha value is -2.60. The molecule has 1 aliphatic heterocycles. The van der Waals surface area contributed by atoms with E-state index in [-0.39, 0.29) is 12.8 Å². The van der Waals surface area contributed by atoms with Crippen molar-refractivity contribution in [3.63, 3.8) is 0 Å². The van der Waals surface area contributed by atoms with Gasteiger partial charge in [-0.25, -0.2) is 4.79 Å². The Morgan fingerprint density at radius 3 is 2.83 bits per heavy atom. The Labute approximate surface area is 144 Å². The predicted molar refractivity (Wildman–Crippen MR) is 89.8 cm³/mol. The van der Waals surface area contributed by atoms with E-state index in [1.54, 1.807) is 24.3 Å². The molecule has 0 spiro atoms. The van der Waals surface area contributed by atoms with Gasteiger partial charge in [-0.05, 0) is 23.8 Å². The minimum absolute atomic E-state index is 0.228. The van der Waals surface area contributed by atoms with Gasteiger partial charge in [-0.1, -0.05) is 29.8 Å². The Bertz CT molecular complexity index is 723. The standard InChI is InChI=1S/C17H17ClN2O4/c18-14-4-2-1-3-12(14)10-20-17(21)19-7-8-22-13-5-6-15-16(9-13)24-11-23-15/h1-6,9H,7-8,10-11H2,(H2,19,20,21). The van der Waals surface area contributed by atoms with Gasteiger partial charge in [-0.3, -0.25) is 0 Å². The Kier molecular flexibility index (Phi) is 5.28. The van der Waals surface area contributed by atoms with Gasteiger partial charge < -0.3 is 24.8 Å². The molecule has 2 amide bonds. The average molecular weight is 349 g/mol. The normalized spacial score (nSPS) is 11.9. The summed E-state index contributed by atoms with van der Waals surface area (Å²) in [6.45, 7) is 1.32. The van der Waals surface area contributed by atoms with E-state index in [1.807, 2.05) is 18.2 Å². The van der Waals surface area contributed by atoms with Gasteiger partial charge in [0.05, 0.1) is 6.54 Å². The average Bonchev–Trinajstić information content (AvgIpc) is 3.06. The van der Waals surface area contributed by atoms with Crippen molar-refractivity contribution in [1.82, 2.24) is 10.6 Å². The fourth-order valence-electron chi connectivity index (χ4n) is 2.18. The second-order valence-electron chi connectivity index (χ2n) is 5.06. The van der Waals surface area contributed by atoms with Crippen LogP contribution in [0.25, 0.3) is 0 Å². The molecule has 6 nitrogen and oxygen atoms in total. The van der Waals surface area contributed by atoms with Crippen molar-refractivity contribution < 1.29 is 19.0 Å². The summed E-state index contributed by atoms with van der Waals surface area (Å²) >= 11 is 6.03. The molecule has 24 heavy (non-hydrogen) atoms. The summed E-state index contributed by atoms with van der Waals surface area (Å²) in [5.74, 6) is 2.04. The maximum absolute atomic E-state index is 11.7. The van der Waals surface area contributed by atoms with Gasteiger partial charge in [0.2, 0.25) is 6.79 Å². The van der Waals surface area contributed by atoms with Crippen LogP contribution in [0, 0.1) is 0 Å². The molecule has 3 rings (SSSR count).